The second kappa shape index (κ2) is 7.53. The van der Waals surface area contributed by atoms with Gasteiger partial charge in [0.25, 0.3) is 0 Å². The van der Waals surface area contributed by atoms with Crippen LogP contribution in [0.3, 0.4) is 0 Å². The van der Waals surface area contributed by atoms with Crippen molar-refractivity contribution in [3.63, 3.8) is 0 Å². The Hall–Kier alpha value is -0.110. The maximum absolute atomic E-state index is 3.40. The van der Waals surface area contributed by atoms with E-state index in [0.29, 0.717) is 5.54 Å². The first-order chi connectivity index (χ1) is 5.12. The van der Waals surface area contributed by atoms with Crippen molar-refractivity contribution < 1.29 is 4.70 Å². The highest BCUT2D eigenvalue weighted by Crippen LogP contribution is 2.15. The summed E-state index contributed by atoms with van der Waals surface area (Å²) in [7, 11) is 0. The minimum absolute atomic E-state index is 0. The second-order valence-corrected chi connectivity index (χ2v) is 3.91. The van der Waals surface area contributed by atoms with Crippen molar-refractivity contribution in [2.75, 3.05) is 6.54 Å². The van der Waals surface area contributed by atoms with Gasteiger partial charge in [-0.25, -0.2) is 0 Å². The Balaban J connectivity index is 0. The van der Waals surface area contributed by atoms with E-state index >= 15 is 0 Å². The molecule has 0 aromatic rings. The number of unbranched alkanes of at least 4 members (excludes halogenated alkanes) is 1. The highest BCUT2D eigenvalue weighted by Gasteiger charge is 2.20. The standard InChI is InChI=1S/C6H13N.C4H10.FH/c1-6(2)4-3-5-7-6;1-3-4-2;/h7H,3-5H2,1-2H3;3-4H2,1-2H3;1H. The predicted molar refractivity (Wildman–Crippen MR) is 54.4 cm³/mol. The third-order valence-corrected chi connectivity index (χ3v) is 2.08. The van der Waals surface area contributed by atoms with Gasteiger partial charge < -0.3 is 5.32 Å². The SMILES string of the molecule is CC1(C)CCCN1.CCCC.F. The van der Waals surface area contributed by atoms with E-state index in [1.54, 1.807) is 0 Å². The van der Waals surface area contributed by atoms with Crippen molar-refractivity contribution in [1.82, 2.24) is 5.32 Å². The van der Waals surface area contributed by atoms with E-state index in [1.165, 1.54) is 32.2 Å². The van der Waals surface area contributed by atoms with Crippen molar-refractivity contribution in [1.29, 1.82) is 0 Å². The van der Waals surface area contributed by atoms with Gasteiger partial charge in [0, 0.05) is 5.54 Å². The van der Waals surface area contributed by atoms with Crippen LogP contribution < -0.4 is 5.32 Å². The summed E-state index contributed by atoms with van der Waals surface area (Å²) in [6.07, 6.45) is 5.33. The molecule has 0 spiro atoms. The Morgan fingerprint density at radius 1 is 1.17 bits per heavy atom. The van der Waals surface area contributed by atoms with Gasteiger partial charge in [-0.15, -0.1) is 0 Å². The van der Waals surface area contributed by atoms with Crippen molar-refractivity contribution in [2.45, 2.75) is 58.9 Å². The molecule has 0 bridgehead atoms. The van der Waals surface area contributed by atoms with Crippen molar-refractivity contribution in [3.05, 3.63) is 0 Å². The van der Waals surface area contributed by atoms with Crippen molar-refractivity contribution in [3.8, 4) is 0 Å². The third kappa shape index (κ3) is 7.99. The first-order valence-corrected chi connectivity index (χ1v) is 4.87. The summed E-state index contributed by atoms with van der Waals surface area (Å²) in [5.41, 5.74) is 0.444. The van der Waals surface area contributed by atoms with Crippen LogP contribution in [0.25, 0.3) is 0 Å². The molecule has 1 N–H and O–H groups in total. The molecule has 1 rings (SSSR count). The molecule has 0 aliphatic carbocycles. The Kier molecular flexibility index (Phi) is 9.05. The summed E-state index contributed by atoms with van der Waals surface area (Å²) in [6.45, 7) is 10.1. The molecule has 0 unspecified atom stereocenters. The van der Waals surface area contributed by atoms with Crippen LogP contribution in [0.2, 0.25) is 0 Å². The summed E-state index contributed by atoms with van der Waals surface area (Å²) in [5, 5.41) is 3.40. The Bertz CT molecular complexity index is 81.8. The number of rotatable bonds is 1. The summed E-state index contributed by atoms with van der Waals surface area (Å²) in [5.74, 6) is 0. The fraction of sp³-hybridized carbons (Fsp3) is 1.00. The van der Waals surface area contributed by atoms with Gasteiger partial charge in [-0.3, -0.25) is 4.70 Å². The van der Waals surface area contributed by atoms with Crippen LogP contribution in [0.15, 0.2) is 0 Å². The Morgan fingerprint density at radius 3 is 1.75 bits per heavy atom. The third-order valence-electron chi connectivity index (χ3n) is 2.08. The van der Waals surface area contributed by atoms with Crippen LogP contribution >= 0.6 is 0 Å². The van der Waals surface area contributed by atoms with E-state index in [0.717, 1.165) is 0 Å². The first-order valence-electron chi connectivity index (χ1n) is 4.87. The lowest BCUT2D eigenvalue weighted by Crippen LogP contribution is -2.31. The van der Waals surface area contributed by atoms with Gasteiger partial charge in [0.15, 0.2) is 0 Å². The maximum atomic E-state index is 3.40. The summed E-state index contributed by atoms with van der Waals surface area (Å²) in [4.78, 5) is 0. The molecule has 1 heterocycles. The normalized spacial score (nSPS) is 19.0. The van der Waals surface area contributed by atoms with Crippen molar-refractivity contribution in [2.24, 2.45) is 0 Å². The molecule has 0 amide bonds. The fourth-order valence-corrected chi connectivity index (χ4v) is 1.05. The highest BCUT2D eigenvalue weighted by atomic mass is 19.0. The topological polar surface area (TPSA) is 12.0 Å². The highest BCUT2D eigenvalue weighted by molar-refractivity contribution is 4.82. The van der Waals surface area contributed by atoms with Crippen LogP contribution in [0.4, 0.5) is 4.70 Å². The van der Waals surface area contributed by atoms with Crippen molar-refractivity contribution >= 4 is 0 Å². The fourth-order valence-electron chi connectivity index (χ4n) is 1.05. The zero-order valence-electron chi connectivity index (χ0n) is 8.94. The van der Waals surface area contributed by atoms with E-state index in [9.17, 15) is 0 Å². The van der Waals surface area contributed by atoms with Crippen LogP contribution in [0.1, 0.15) is 53.4 Å². The summed E-state index contributed by atoms with van der Waals surface area (Å²) in [6, 6.07) is 0. The minimum atomic E-state index is 0. The summed E-state index contributed by atoms with van der Waals surface area (Å²) >= 11 is 0. The second-order valence-electron chi connectivity index (χ2n) is 3.91. The van der Waals surface area contributed by atoms with Gasteiger partial charge in [-0.2, -0.15) is 0 Å². The predicted octanol–water partition coefficient (Wildman–Crippen LogP) is 3.11. The average molecular weight is 177 g/mol. The average Bonchev–Trinajstić information content (AvgIpc) is 2.35. The van der Waals surface area contributed by atoms with Gasteiger partial charge in [0.05, 0.1) is 0 Å². The lowest BCUT2D eigenvalue weighted by Gasteiger charge is -2.15. The number of nitrogens with one attached hydrogen (secondary N) is 1. The van der Waals surface area contributed by atoms with Gasteiger partial charge in [0.1, 0.15) is 0 Å². The van der Waals surface area contributed by atoms with E-state index in [-0.39, 0.29) is 4.70 Å². The van der Waals surface area contributed by atoms with Crippen LogP contribution in [0.5, 0.6) is 0 Å². The van der Waals surface area contributed by atoms with E-state index in [2.05, 4.69) is 33.0 Å². The lowest BCUT2D eigenvalue weighted by atomic mass is 10.0. The molecule has 1 aliphatic rings. The monoisotopic (exact) mass is 177 g/mol. The smallest absolute Gasteiger partial charge is 0.0125 e. The zero-order valence-corrected chi connectivity index (χ0v) is 8.94. The number of halogens is 1. The molecule has 0 atom stereocenters. The lowest BCUT2D eigenvalue weighted by molar-refractivity contribution is 0.460. The van der Waals surface area contributed by atoms with Crippen LogP contribution in [-0.4, -0.2) is 12.1 Å². The molecule has 76 valence electrons. The van der Waals surface area contributed by atoms with E-state index < -0.39 is 0 Å². The van der Waals surface area contributed by atoms with E-state index in [1.807, 2.05) is 0 Å². The largest absolute Gasteiger partial charge is 0.312 e. The zero-order chi connectivity index (χ0) is 8.74. The molecule has 12 heavy (non-hydrogen) atoms. The van der Waals surface area contributed by atoms with Crippen LogP contribution in [-0.2, 0) is 0 Å². The Labute approximate surface area is 76.3 Å². The first kappa shape index (κ1) is 14.4. The van der Waals surface area contributed by atoms with E-state index in [4.69, 9.17) is 0 Å². The number of hydrogen-bond acceptors (Lipinski definition) is 1. The molecule has 0 aromatic heterocycles. The quantitative estimate of drug-likeness (QED) is 0.649. The molecule has 1 aliphatic heterocycles. The number of hydrogen-bond donors (Lipinski definition) is 1. The molecule has 0 radical (unpaired) electrons. The molecule has 1 saturated heterocycles. The van der Waals surface area contributed by atoms with Gasteiger partial charge in [-0.1, -0.05) is 26.7 Å². The van der Waals surface area contributed by atoms with Gasteiger partial charge in [-0.05, 0) is 33.2 Å². The van der Waals surface area contributed by atoms with Gasteiger partial charge >= 0.3 is 0 Å². The maximum Gasteiger partial charge on any atom is 0.0125 e. The van der Waals surface area contributed by atoms with Crippen LogP contribution in [0, 0.1) is 0 Å². The molecule has 0 saturated carbocycles. The van der Waals surface area contributed by atoms with Gasteiger partial charge in [0.2, 0.25) is 0 Å². The molecule has 1 nitrogen and oxygen atoms in total. The molecule has 0 aromatic carbocycles. The minimum Gasteiger partial charge on any atom is -0.312 e. The summed E-state index contributed by atoms with van der Waals surface area (Å²) < 4.78 is 0. The Morgan fingerprint density at radius 2 is 1.67 bits per heavy atom. The molecule has 2 heteroatoms. The molecular formula is C10H24FN. The molecular weight excluding hydrogens is 153 g/mol. The molecule has 1 fully saturated rings.